The molecule has 0 fully saturated rings. The lowest BCUT2D eigenvalue weighted by atomic mass is 10.3. The molecule has 0 saturated carbocycles. The maximum absolute atomic E-state index is 11.9. The van der Waals surface area contributed by atoms with Crippen LogP contribution in [0.2, 0.25) is 0 Å². The lowest BCUT2D eigenvalue weighted by Crippen LogP contribution is -2.08. The maximum Gasteiger partial charge on any atom is 0.437 e. The minimum absolute atomic E-state index is 0.0911. The van der Waals surface area contributed by atoms with E-state index in [0.717, 1.165) is 0 Å². The number of carbonyl (C=O) groups is 1. The van der Waals surface area contributed by atoms with Crippen LogP contribution in [0, 0.1) is 0 Å². The highest BCUT2D eigenvalue weighted by Gasteiger charge is 2.38. The van der Waals surface area contributed by atoms with Crippen LogP contribution < -0.4 is 5.73 Å². The fourth-order valence-electron chi connectivity index (χ4n) is 0.632. The maximum atomic E-state index is 11.9. The quantitative estimate of drug-likeness (QED) is 0.656. The van der Waals surface area contributed by atoms with Crippen LogP contribution in [-0.2, 0) is 6.18 Å². The molecule has 0 amide bonds. The summed E-state index contributed by atoms with van der Waals surface area (Å²) in [6.07, 6.45) is -4.80. The van der Waals surface area contributed by atoms with Crippen molar-refractivity contribution < 1.29 is 22.4 Å². The number of nitrogens with zero attached hydrogens (tertiary/aromatic N) is 1. The van der Waals surface area contributed by atoms with Crippen molar-refractivity contribution in [3.8, 4) is 0 Å². The van der Waals surface area contributed by atoms with Crippen LogP contribution in [0.1, 0.15) is 16.2 Å². The average molecular weight is 180 g/mol. The highest BCUT2D eigenvalue weighted by Crippen LogP contribution is 2.31. The summed E-state index contributed by atoms with van der Waals surface area (Å²) in [5.41, 5.74) is 3.42. The number of aromatic nitrogens is 1. The summed E-state index contributed by atoms with van der Waals surface area (Å²) in [4.78, 5) is 12.8. The van der Waals surface area contributed by atoms with E-state index >= 15 is 0 Å². The van der Waals surface area contributed by atoms with Crippen molar-refractivity contribution in [3.05, 3.63) is 11.5 Å². The molecule has 0 aliphatic carbocycles. The summed E-state index contributed by atoms with van der Waals surface area (Å²) in [6, 6.07) is -0.676. The Bertz CT molecular complexity index is 304. The van der Waals surface area contributed by atoms with Gasteiger partial charge in [-0.05, 0) is 0 Å². The second-order valence-electron chi connectivity index (χ2n) is 1.88. The number of halogens is 3. The molecule has 4 nitrogen and oxygen atoms in total. The molecule has 12 heavy (non-hydrogen) atoms. The summed E-state index contributed by atoms with van der Waals surface area (Å²) in [5.74, 6) is -0.903. The Morgan fingerprint density at radius 3 is 2.42 bits per heavy atom. The second kappa shape index (κ2) is 2.50. The number of alkyl halides is 3. The van der Waals surface area contributed by atoms with E-state index in [4.69, 9.17) is 5.73 Å². The molecule has 0 radical (unpaired) electrons. The molecule has 0 aromatic carbocycles. The zero-order chi connectivity index (χ0) is 9.35. The first-order valence-electron chi connectivity index (χ1n) is 2.74. The van der Waals surface area contributed by atoms with E-state index in [1.807, 2.05) is 0 Å². The summed E-state index contributed by atoms with van der Waals surface area (Å²) >= 11 is 0. The van der Waals surface area contributed by atoms with Gasteiger partial charge in [-0.1, -0.05) is 0 Å². The number of aldehydes is 1. The Morgan fingerprint density at radius 2 is 2.08 bits per heavy atom. The monoisotopic (exact) mass is 180 g/mol. The van der Waals surface area contributed by atoms with Crippen molar-refractivity contribution >= 4 is 12.3 Å². The molecule has 0 saturated heterocycles. The predicted octanol–water partition coefficient (Wildman–Crippen LogP) is 1.09. The molecule has 7 heteroatoms. The van der Waals surface area contributed by atoms with Crippen LogP contribution in [-0.4, -0.2) is 11.3 Å². The number of nitrogens with two attached hydrogens (primary N) is 1. The van der Waals surface area contributed by atoms with E-state index in [0.29, 0.717) is 0 Å². The van der Waals surface area contributed by atoms with Crippen molar-refractivity contribution in [2.24, 2.45) is 0 Å². The molecule has 0 unspecified atom stereocenters. The van der Waals surface area contributed by atoms with E-state index in [9.17, 15) is 18.0 Å². The number of rotatable bonds is 1. The fourth-order valence-corrected chi connectivity index (χ4v) is 0.632. The van der Waals surface area contributed by atoms with Crippen molar-refractivity contribution in [1.29, 1.82) is 0 Å². The van der Waals surface area contributed by atoms with Crippen LogP contribution >= 0.6 is 0 Å². The lowest BCUT2D eigenvalue weighted by molar-refractivity contribution is -0.141. The average Bonchev–Trinajstić information content (AvgIpc) is 2.29. The topological polar surface area (TPSA) is 69.1 Å². The number of oxazole rings is 1. The molecule has 66 valence electrons. The van der Waals surface area contributed by atoms with Crippen LogP contribution in [0.15, 0.2) is 4.42 Å². The smallest absolute Gasteiger partial charge is 0.420 e. The Balaban J connectivity index is 3.22. The van der Waals surface area contributed by atoms with Crippen LogP contribution in [0.3, 0.4) is 0 Å². The van der Waals surface area contributed by atoms with E-state index in [-0.39, 0.29) is 6.29 Å². The minimum atomic E-state index is -4.71. The van der Waals surface area contributed by atoms with Crippen LogP contribution in [0.5, 0.6) is 0 Å². The van der Waals surface area contributed by atoms with E-state index in [1.165, 1.54) is 0 Å². The Kier molecular flexibility index (Phi) is 1.79. The molecular weight excluding hydrogens is 177 g/mol. The standard InChI is InChI=1S/C5H3F3N2O2/c6-5(7,8)3-2(1-11)12-4(9)10-3/h1H,(H2,9,10). The summed E-state index contributed by atoms with van der Waals surface area (Å²) in [6.45, 7) is 0. The number of hydrogen-bond acceptors (Lipinski definition) is 4. The summed E-state index contributed by atoms with van der Waals surface area (Å²) < 4.78 is 39.9. The molecule has 0 aliphatic rings. The van der Waals surface area contributed by atoms with Gasteiger partial charge in [0.1, 0.15) is 0 Å². The van der Waals surface area contributed by atoms with Gasteiger partial charge in [-0.15, -0.1) is 0 Å². The van der Waals surface area contributed by atoms with Gasteiger partial charge in [0.05, 0.1) is 0 Å². The Labute approximate surface area is 64.2 Å². The lowest BCUT2D eigenvalue weighted by Gasteiger charge is -1.99. The van der Waals surface area contributed by atoms with Gasteiger partial charge in [0.25, 0.3) is 6.01 Å². The van der Waals surface area contributed by atoms with Gasteiger partial charge >= 0.3 is 6.18 Å². The highest BCUT2D eigenvalue weighted by atomic mass is 19.4. The van der Waals surface area contributed by atoms with Gasteiger partial charge in [0, 0.05) is 0 Å². The highest BCUT2D eigenvalue weighted by molar-refractivity contribution is 5.73. The fraction of sp³-hybridized carbons (Fsp3) is 0.200. The predicted molar refractivity (Wildman–Crippen MR) is 31.3 cm³/mol. The molecule has 1 rings (SSSR count). The van der Waals surface area contributed by atoms with Gasteiger partial charge in [0.15, 0.2) is 12.0 Å². The van der Waals surface area contributed by atoms with Crippen LogP contribution in [0.4, 0.5) is 19.2 Å². The third-order valence-electron chi connectivity index (χ3n) is 1.05. The van der Waals surface area contributed by atoms with Gasteiger partial charge in [0.2, 0.25) is 5.76 Å². The summed E-state index contributed by atoms with van der Waals surface area (Å²) in [7, 11) is 0. The largest absolute Gasteiger partial charge is 0.437 e. The molecule has 0 atom stereocenters. The van der Waals surface area contributed by atoms with Gasteiger partial charge in [-0.25, -0.2) is 0 Å². The number of nitrogen functional groups attached to an aromatic ring is 1. The molecule has 0 bridgehead atoms. The third-order valence-corrected chi connectivity index (χ3v) is 1.05. The first-order chi connectivity index (χ1) is 5.45. The summed E-state index contributed by atoms with van der Waals surface area (Å²) in [5, 5.41) is 0. The first kappa shape index (κ1) is 8.57. The van der Waals surface area contributed by atoms with E-state index in [2.05, 4.69) is 9.40 Å². The third kappa shape index (κ3) is 1.39. The first-order valence-corrected chi connectivity index (χ1v) is 2.74. The second-order valence-corrected chi connectivity index (χ2v) is 1.88. The molecule has 1 aromatic rings. The Morgan fingerprint density at radius 1 is 1.50 bits per heavy atom. The van der Waals surface area contributed by atoms with E-state index < -0.39 is 23.6 Å². The van der Waals surface area contributed by atoms with Crippen molar-refractivity contribution in [2.45, 2.75) is 6.18 Å². The molecular formula is C5H3F3N2O2. The molecule has 2 N–H and O–H groups in total. The SMILES string of the molecule is Nc1nc(C(F)(F)F)c(C=O)o1. The van der Waals surface area contributed by atoms with Crippen molar-refractivity contribution in [2.75, 3.05) is 5.73 Å². The zero-order valence-corrected chi connectivity index (χ0v) is 5.55. The molecule has 0 spiro atoms. The minimum Gasteiger partial charge on any atom is -0.420 e. The number of hydrogen-bond donors (Lipinski definition) is 1. The molecule has 1 heterocycles. The number of anilines is 1. The van der Waals surface area contributed by atoms with Crippen LogP contribution in [0.25, 0.3) is 0 Å². The number of carbonyl (C=O) groups excluding carboxylic acids is 1. The van der Waals surface area contributed by atoms with Gasteiger partial charge in [-0.2, -0.15) is 18.2 Å². The molecule has 1 aromatic heterocycles. The normalized spacial score (nSPS) is 11.6. The van der Waals surface area contributed by atoms with Crippen molar-refractivity contribution in [1.82, 2.24) is 4.98 Å². The zero-order valence-electron chi connectivity index (χ0n) is 5.55. The van der Waals surface area contributed by atoms with Gasteiger partial charge in [-0.3, -0.25) is 4.79 Å². The van der Waals surface area contributed by atoms with E-state index in [1.54, 1.807) is 0 Å². The van der Waals surface area contributed by atoms with Gasteiger partial charge < -0.3 is 10.2 Å². The Hall–Kier alpha value is -1.53. The molecule has 0 aliphatic heterocycles. The van der Waals surface area contributed by atoms with Crippen molar-refractivity contribution in [3.63, 3.8) is 0 Å².